The second-order valence-corrected chi connectivity index (χ2v) is 7.89. The Labute approximate surface area is 168 Å². The highest BCUT2D eigenvalue weighted by Crippen LogP contribution is 2.28. The van der Waals surface area contributed by atoms with Crippen LogP contribution in [-0.4, -0.2) is 46.8 Å². The fraction of sp³-hybridized carbons (Fsp3) is 0.682. The third kappa shape index (κ3) is 4.15. The number of hydrogen-bond acceptors (Lipinski definition) is 4. The van der Waals surface area contributed by atoms with E-state index in [0.29, 0.717) is 23.4 Å². The number of Topliss-reactive ketones (excluding diaryl/α,β-unsaturated/α-hetero) is 1. The van der Waals surface area contributed by atoms with Crippen molar-refractivity contribution in [2.75, 3.05) is 13.7 Å². The number of esters is 1. The molecule has 0 spiro atoms. The molecule has 0 bridgehead atoms. The van der Waals surface area contributed by atoms with Crippen LogP contribution in [0, 0.1) is 19.8 Å². The van der Waals surface area contributed by atoms with Crippen molar-refractivity contribution in [2.45, 2.75) is 72.3 Å². The fourth-order valence-electron chi connectivity index (χ4n) is 4.40. The summed E-state index contributed by atoms with van der Waals surface area (Å²) in [6, 6.07) is -0.556. The Hall–Kier alpha value is -2.11. The molecule has 0 aromatic carbocycles. The fourth-order valence-corrected chi connectivity index (χ4v) is 4.40. The Morgan fingerprint density at radius 3 is 2.32 bits per heavy atom. The summed E-state index contributed by atoms with van der Waals surface area (Å²) in [6.45, 7) is 7.99. The minimum absolute atomic E-state index is 0.0270. The Balaban J connectivity index is 2.35. The SMILES string of the molecule is CCCN(C(=O)C1CCCCC1)[C@H](C)C(=O)c1c(C)c(C(=O)OC)n(C)c1C. The van der Waals surface area contributed by atoms with Gasteiger partial charge in [-0.05, 0) is 45.6 Å². The van der Waals surface area contributed by atoms with Gasteiger partial charge in [-0.25, -0.2) is 4.79 Å². The maximum atomic E-state index is 13.4. The van der Waals surface area contributed by atoms with Gasteiger partial charge in [0, 0.05) is 30.8 Å². The molecular weight excluding hydrogens is 356 g/mol. The van der Waals surface area contributed by atoms with Crippen molar-refractivity contribution in [2.24, 2.45) is 13.0 Å². The molecule has 156 valence electrons. The highest BCUT2D eigenvalue weighted by atomic mass is 16.5. The quantitative estimate of drug-likeness (QED) is 0.524. The van der Waals surface area contributed by atoms with Crippen molar-refractivity contribution in [3.8, 4) is 0 Å². The summed E-state index contributed by atoms with van der Waals surface area (Å²) >= 11 is 0. The first kappa shape index (κ1) is 22.2. The molecule has 28 heavy (non-hydrogen) atoms. The van der Waals surface area contributed by atoms with Gasteiger partial charge in [0.25, 0.3) is 0 Å². The highest BCUT2D eigenvalue weighted by Gasteiger charge is 2.34. The standard InChI is InChI=1S/C22H34N2O4/c1-7-13-24(21(26)17-11-9-8-10-12-17)16(4)20(25)18-14(2)19(22(27)28-6)23(5)15(18)3/h16-17H,7-13H2,1-6H3/t16-/m1/s1. The molecule has 6 heteroatoms. The molecule has 0 saturated heterocycles. The van der Waals surface area contributed by atoms with E-state index in [0.717, 1.165) is 37.8 Å². The van der Waals surface area contributed by atoms with Gasteiger partial charge in [-0.1, -0.05) is 26.2 Å². The minimum Gasteiger partial charge on any atom is -0.464 e. The molecule has 1 aromatic heterocycles. The first-order valence-corrected chi connectivity index (χ1v) is 10.3. The molecule has 2 rings (SSSR count). The second-order valence-electron chi connectivity index (χ2n) is 7.89. The van der Waals surface area contributed by atoms with Gasteiger partial charge in [0.05, 0.1) is 13.2 Å². The summed E-state index contributed by atoms with van der Waals surface area (Å²) in [7, 11) is 3.09. The van der Waals surface area contributed by atoms with E-state index in [9.17, 15) is 14.4 Å². The van der Waals surface area contributed by atoms with Crippen LogP contribution in [0.15, 0.2) is 0 Å². The van der Waals surface area contributed by atoms with Gasteiger partial charge >= 0.3 is 5.97 Å². The molecule has 0 N–H and O–H groups in total. The minimum atomic E-state index is -0.556. The number of nitrogens with zero attached hydrogens (tertiary/aromatic N) is 2. The molecule has 0 unspecified atom stereocenters. The van der Waals surface area contributed by atoms with Gasteiger partial charge in [-0.15, -0.1) is 0 Å². The third-order valence-electron chi connectivity index (χ3n) is 6.10. The van der Waals surface area contributed by atoms with Crippen LogP contribution >= 0.6 is 0 Å². The summed E-state index contributed by atoms with van der Waals surface area (Å²) in [6.07, 6.45) is 5.98. The molecule has 1 aliphatic rings. The van der Waals surface area contributed by atoms with Crippen molar-refractivity contribution < 1.29 is 19.1 Å². The van der Waals surface area contributed by atoms with Crippen molar-refractivity contribution >= 4 is 17.7 Å². The molecule has 1 aliphatic carbocycles. The van der Waals surface area contributed by atoms with E-state index in [1.54, 1.807) is 23.4 Å². The lowest BCUT2D eigenvalue weighted by molar-refractivity contribution is -0.137. The molecule has 1 saturated carbocycles. The van der Waals surface area contributed by atoms with Gasteiger partial charge in [-0.2, -0.15) is 0 Å². The first-order chi connectivity index (χ1) is 13.3. The Morgan fingerprint density at radius 1 is 1.18 bits per heavy atom. The zero-order valence-corrected chi connectivity index (χ0v) is 18.1. The van der Waals surface area contributed by atoms with E-state index >= 15 is 0 Å². The highest BCUT2D eigenvalue weighted by molar-refractivity contribution is 6.06. The van der Waals surface area contributed by atoms with Gasteiger partial charge in [0.2, 0.25) is 5.91 Å². The van der Waals surface area contributed by atoms with E-state index < -0.39 is 12.0 Å². The zero-order chi connectivity index (χ0) is 21.0. The van der Waals surface area contributed by atoms with Crippen LogP contribution in [0.2, 0.25) is 0 Å². The number of carbonyl (C=O) groups is 3. The molecule has 6 nitrogen and oxygen atoms in total. The summed E-state index contributed by atoms with van der Waals surface area (Å²) in [5.41, 5.74) is 2.24. The molecule has 1 fully saturated rings. The van der Waals surface area contributed by atoms with Crippen LogP contribution < -0.4 is 0 Å². The summed E-state index contributed by atoms with van der Waals surface area (Å²) < 4.78 is 6.58. The number of ether oxygens (including phenoxy) is 1. The third-order valence-corrected chi connectivity index (χ3v) is 6.10. The summed E-state index contributed by atoms with van der Waals surface area (Å²) in [5, 5.41) is 0. The maximum absolute atomic E-state index is 13.4. The Bertz CT molecular complexity index is 744. The first-order valence-electron chi connectivity index (χ1n) is 10.3. The van der Waals surface area contributed by atoms with Crippen LogP contribution in [0.4, 0.5) is 0 Å². The lowest BCUT2D eigenvalue weighted by atomic mass is 9.87. The monoisotopic (exact) mass is 390 g/mol. The average Bonchev–Trinajstić information content (AvgIpc) is 2.93. The van der Waals surface area contributed by atoms with Gasteiger partial charge in [-0.3, -0.25) is 9.59 Å². The normalized spacial score (nSPS) is 15.9. The van der Waals surface area contributed by atoms with Gasteiger partial charge in [0.1, 0.15) is 5.69 Å². The van der Waals surface area contributed by atoms with Crippen LogP contribution in [0.3, 0.4) is 0 Å². The largest absolute Gasteiger partial charge is 0.464 e. The van der Waals surface area contributed by atoms with Gasteiger partial charge in [0.15, 0.2) is 5.78 Å². The van der Waals surface area contributed by atoms with E-state index in [4.69, 9.17) is 4.74 Å². The molecule has 0 radical (unpaired) electrons. The number of hydrogen-bond donors (Lipinski definition) is 0. The molecular formula is C22H34N2O4. The second kappa shape index (κ2) is 9.39. The van der Waals surface area contributed by atoms with Crippen LogP contribution in [-0.2, 0) is 16.6 Å². The predicted molar refractivity (Wildman–Crippen MR) is 109 cm³/mol. The number of amides is 1. The lowest BCUT2D eigenvalue weighted by Gasteiger charge is -2.33. The van der Waals surface area contributed by atoms with Crippen molar-refractivity contribution in [3.63, 3.8) is 0 Å². The van der Waals surface area contributed by atoms with E-state index in [1.165, 1.54) is 13.5 Å². The van der Waals surface area contributed by atoms with Crippen LogP contribution in [0.25, 0.3) is 0 Å². The number of aromatic nitrogens is 1. The smallest absolute Gasteiger partial charge is 0.354 e. The van der Waals surface area contributed by atoms with E-state index in [-0.39, 0.29) is 17.6 Å². The van der Waals surface area contributed by atoms with Crippen LogP contribution in [0.1, 0.15) is 84.5 Å². The van der Waals surface area contributed by atoms with Crippen LogP contribution in [0.5, 0.6) is 0 Å². The average molecular weight is 391 g/mol. The van der Waals surface area contributed by atoms with E-state index in [2.05, 4.69) is 0 Å². The number of methoxy groups -OCH3 is 1. The van der Waals surface area contributed by atoms with E-state index in [1.807, 2.05) is 20.8 Å². The molecule has 1 amide bonds. The molecule has 1 aromatic rings. The molecule has 1 heterocycles. The predicted octanol–water partition coefficient (Wildman–Crippen LogP) is 3.82. The summed E-state index contributed by atoms with van der Waals surface area (Å²) in [5.74, 6) is -0.446. The number of rotatable bonds is 7. The Morgan fingerprint density at radius 2 is 1.79 bits per heavy atom. The number of ketones is 1. The molecule has 0 aliphatic heterocycles. The Kier molecular flexibility index (Phi) is 7.44. The van der Waals surface area contributed by atoms with Crippen molar-refractivity contribution in [1.29, 1.82) is 0 Å². The molecule has 1 atom stereocenters. The number of carbonyl (C=O) groups excluding carboxylic acids is 3. The summed E-state index contributed by atoms with van der Waals surface area (Å²) in [4.78, 5) is 40.5. The topological polar surface area (TPSA) is 68.6 Å². The van der Waals surface area contributed by atoms with Crippen molar-refractivity contribution in [3.05, 3.63) is 22.5 Å². The zero-order valence-electron chi connectivity index (χ0n) is 18.1. The maximum Gasteiger partial charge on any atom is 0.354 e. The van der Waals surface area contributed by atoms with Crippen molar-refractivity contribution in [1.82, 2.24) is 9.47 Å². The van der Waals surface area contributed by atoms with Gasteiger partial charge < -0.3 is 14.2 Å². The lowest BCUT2D eigenvalue weighted by Crippen LogP contribution is -2.47.